The molecule has 4 aliphatic heterocycles. The third-order valence-electron chi connectivity index (χ3n) is 16.5. The minimum atomic E-state index is -4.97. The zero-order chi connectivity index (χ0) is 83.4. The topological polar surface area (TPSA) is 431 Å². The highest BCUT2D eigenvalue weighted by Gasteiger charge is 2.48. The van der Waals surface area contributed by atoms with Crippen molar-refractivity contribution in [2.45, 2.75) is 54.0 Å². The molecule has 1 unspecified atom stereocenters. The van der Waals surface area contributed by atoms with Crippen LogP contribution in [0, 0.1) is 0 Å². The number of hydrogen-bond acceptors (Lipinski definition) is 31. The molecule has 12 rings (SSSR count). The SMILES string of the molecule is CC(C)(O)c1cc(-c2cnc(N)cc2C(F)(F)F)nc(N2CCOCC2)n1.CS(=O)(=O)C(F)(F)c1cc(-c2cnc(N)cc2C(F)(F)F)nc(N2CCOCC2)n1.CS(=O)(=O)C(F)(F)c1cc(-c2cnc(N)cc2Cl)nc(N2CCOCC2)n1.CS(=O)(=O)C(F)c1cc(-c2cnc(N)cc2C(F)(F)F)nc(N2CCOCC2)n1. The maximum atomic E-state index is 14.5. The minimum absolute atomic E-state index is 0.0160. The lowest BCUT2D eigenvalue weighted by Crippen LogP contribution is -2.38. The zero-order valence-electron chi connectivity index (χ0n) is 59.7. The predicted molar refractivity (Wildman–Crippen MR) is 382 cm³/mol. The molecule has 4 fully saturated rings. The Balaban J connectivity index is 0.000000173. The van der Waals surface area contributed by atoms with Gasteiger partial charge < -0.3 is 66.6 Å². The number of halogens is 15. The summed E-state index contributed by atoms with van der Waals surface area (Å²) in [6, 6.07) is 6.91. The van der Waals surface area contributed by atoms with E-state index in [0.29, 0.717) is 116 Å². The quantitative estimate of drug-likeness (QED) is 0.0607. The van der Waals surface area contributed by atoms with Gasteiger partial charge in [0.05, 0.1) is 109 Å². The second kappa shape index (κ2) is 34.1. The van der Waals surface area contributed by atoms with E-state index >= 15 is 0 Å². The first kappa shape index (κ1) is 87.2. The molecule has 8 aromatic rings. The Labute approximate surface area is 639 Å². The maximum absolute atomic E-state index is 14.5. The number of aromatic nitrogens is 12. The van der Waals surface area contributed by atoms with Crippen molar-refractivity contribution in [3.63, 3.8) is 0 Å². The molecular formula is C64H69ClF14N20O11S3. The van der Waals surface area contributed by atoms with Crippen molar-refractivity contribution in [3.8, 4) is 45.0 Å². The first-order valence-corrected chi connectivity index (χ1v) is 39.0. The van der Waals surface area contributed by atoms with Crippen molar-refractivity contribution in [3.05, 3.63) is 118 Å². The van der Waals surface area contributed by atoms with Gasteiger partial charge in [-0.15, -0.1) is 0 Å². The summed E-state index contributed by atoms with van der Waals surface area (Å²) in [6.07, 6.45) is -8.98. The Morgan fingerprint density at radius 1 is 0.398 bits per heavy atom. The molecule has 9 N–H and O–H groups in total. The Kier molecular flexibility index (Phi) is 26.4. The number of sulfone groups is 3. The molecule has 4 aliphatic rings. The molecule has 8 aromatic heterocycles. The fourth-order valence-corrected chi connectivity index (χ4v) is 12.4. The van der Waals surface area contributed by atoms with Gasteiger partial charge in [0.15, 0.2) is 9.84 Å². The second-order valence-electron chi connectivity index (χ2n) is 25.5. The van der Waals surface area contributed by atoms with Gasteiger partial charge in [0.1, 0.15) is 40.3 Å². The first-order valence-electron chi connectivity index (χ1n) is 32.9. The van der Waals surface area contributed by atoms with Gasteiger partial charge >= 0.3 is 29.0 Å². The lowest BCUT2D eigenvalue weighted by Gasteiger charge is -2.28. The Morgan fingerprint density at radius 2 is 0.655 bits per heavy atom. The van der Waals surface area contributed by atoms with E-state index in [0.717, 1.165) is 36.8 Å². The largest absolute Gasteiger partial charge is 0.417 e. The second-order valence-corrected chi connectivity index (χ2v) is 32.1. The zero-order valence-corrected chi connectivity index (χ0v) is 62.9. The van der Waals surface area contributed by atoms with Crippen LogP contribution in [-0.2, 0) is 83.1 Å². The molecule has 4 saturated heterocycles. The van der Waals surface area contributed by atoms with Crippen molar-refractivity contribution < 1.29 is 111 Å². The van der Waals surface area contributed by atoms with Crippen LogP contribution in [0.5, 0.6) is 0 Å². The molecule has 113 heavy (non-hydrogen) atoms. The number of morpholine rings is 4. The third kappa shape index (κ3) is 21.6. The molecule has 614 valence electrons. The van der Waals surface area contributed by atoms with E-state index in [9.17, 15) is 91.8 Å². The third-order valence-corrected chi connectivity index (χ3v) is 20.1. The summed E-state index contributed by atoms with van der Waals surface area (Å²) in [5, 5.41) is 1.86. The van der Waals surface area contributed by atoms with E-state index in [-0.39, 0.29) is 106 Å². The Hall–Kier alpha value is -9.72. The average molecular weight is 1690 g/mol. The van der Waals surface area contributed by atoms with Crippen LogP contribution >= 0.6 is 11.6 Å². The number of rotatable bonds is 15. The van der Waals surface area contributed by atoms with E-state index in [4.69, 9.17) is 53.5 Å². The lowest BCUT2D eigenvalue weighted by molar-refractivity contribution is -0.137. The fourth-order valence-electron chi connectivity index (χ4n) is 10.6. The highest BCUT2D eigenvalue weighted by Crippen LogP contribution is 2.44. The maximum Gasteiger partial charge on any atom is 0.417 e. The van der Waals surface area contributed by atoms with Crippen molar-refractivity contribution in [2.24, 2.45) is 0 Å². The molecule has 0 saturated carbocycles. The van der Waals surface area contributed by atoms with Crippen LogP contribution in [0.2, 0.25) is 5.02 Å². The number of alkyl halides is 14. The summed E-state index contributed by atoms with van der Waals surface area (Å²) >= 11 is 6.14. The Morgan fingerprint density at radius 3 is 0.929 bits per heavy atom. The summed E-state index contributed by atoms with van der Waals surface area (Å²) in [4.78, 5) is 53.8. The molecule has 1 atom stereocenters. The van der Waals surface area contributed by atoms with Crippen LogP contribution in [0.3, 0.4) is 0 Å². The minimum Gasteiger partial charge on any atom is -0.384 e. The molecule has 12 heterocycles. The molecular weight excluding hydrogens is 1620 g/mol. The van der Waals surface area contributed by atoms with Gasteiger partial charge in [-0.2, -0.15) is 57.1 Å². The molecule has 49 heteroatoms. The number of aliphatic hydroxyl groups is 1. The van der Waals surface area contributed by atoms with Crippen LogP contribution in [-0.4, -0.2) is 214 Å². The summed E-state index contributed by atoms with van der Waals surface area (Å²) < 4.78 is 285. The van der Waals surface area contributed by atoms with E-state index in [1.165, 1.54) is 37.1 Å². The van der Waals surface area contributed by atoms with E-state index in [1.54, 1.807) is 14.7 Å². The normalized spacial score (nSPS) is 16.1. The van der Waals surface area contributed by atoms with Crippen molar-refractivity contribution in [2.75, 3.05) is 167 Å². The molecule has 0 amide bonds. The van der Waals surface area contributed by atoms with Gasteiger partial charge in [-0.1, -0.05) is 11.6 Å². The summed E-state index contributed by atoms with van der Waals surface area (Å²) in [5.74, 6) is -1.14. The molecule has 0 aromatic carbocycles. The smallest absolute Gasteiger partial charge is 0.384 e. The number of pyridine rings is 4. The van der Waals surface area contributed by atoms with Gasteiger partial charge in [-0.3, -0.25) is 0 Å². The summed E-state index contributed by atoms with van der Waals surface area (Å²) in [6.45, 7) is 8.46. The Bertz CT molecular complexity index is 5120. The number of nitrogen functional groups attached to an aromatic ring is 4. The van der Waals surface area contributed by atoms with Gasteiger partial charge in [-0.05, 0) is 62.4 Å². The monoisotopic (exact) mass is 1690 g/mol. The van der Waals surface area contributed by atoms with Crippen molar-refractivity contribution >= 4 is 88.2 Å². The number of nitrogens with two attached hydrogens (primary N) is 4. The summed E-state index contributed by atoms with van der Waals surface area (Å²) in [7, 11) is -13.9. The fraction of sp³-hybridized carbons (Fsp3) is 0.438. The molecule has 0 bridgehead atoms. The van der Waals surface area contributed by atoms with Crippen LogP contribution < -0.4 is 42.5 Å². The first-order chi connectivity index (χ1) is 52.4. The van der Waals surface area contributed by atoms with Crippen molar-refractivity contribution in [1.29, 1.82) is 0 Å². The highest BCUT2D eigenvalue weighted by atomic mass is 35.5. The van der Waals surface area contributed by atoms with Gasteiger partial charge in [0, 0.05) is 118 Å². The van der Waals surface area contributed by atoms with Crippen LogP contribution in [0.4, 0.5) is 109 Å². The van der Waals surface area contributed by atoms with E-state index in [2.05, 4.69) is 59.8 Å². The van der Waals surface area contributed by atoms with Crippen LogP contribution in [0.1, 0.15) is 58.8 Å². The highest BCUT2D eigenvalue weighted by molar-refractivity contribution is 7.91. The van der Waals surface area contributed by atoms with E-state index < -0.39 is 126 Å². The summed E-state index contributed by atoms with van der Waals surface area (Å²) in [5.41, 5.74) is 10.0. The van der Waals surface area contributed by atoms with Crippen LogP contribution in [0.25, 0.3) is 45.0 Å². The molecule has 0 spiro atoms. The molecule has 0 aliphatic carbocycles. The molecule has 31 nitrogen and oxygen atoms in total. The van der Waals surface area contributed by atoms with Gasteiger partial charge in [-0.25, -0.2) is 89.5 Å². The van der Waals surface area contributed by atoms with Crippen molar-refractivity contribution in [1.82, 2.24) is 59.8 Å². The standard InChI is InChI=1S/C17H20F3N5O2.C16H16F5N5O3S.C16H17F4N5O3S.C15H16ClF2N5O3S/c1-16(2,26)13-8-12(23-15(24-13)25-3-5-27-6-4-25)10-9-22-14(21)7-11(10)17(18,19)20;1-30(27,28)16(20,21)12-7-11(24-14(25-12)26-2-4-29-5-3-26)9-8-23-13(22)6-10(9)15(17,18)19;1-29(26,27)14(17)12-7-11(23-15(24-12)25-2-4-28-5-3-25)9-8-22-13(21)6-10(9)16(18,19)20;1-27(24,25)15(17,18)12-7-11(9-8-20-13(19)6-10(9)16)21-14(22-12)23-2-4-26-5-3-23/h7-9,26H,3-6H2,1-2H3,(H2,21,22);6-8H,2-5H2,1H3,(H2,22,23);6-8,14H,2-5H2,1H3,(H2,21,22);6-8H,2-5H2,1H3,(H2,19,20). The number of hydrogen-bond donors (Lipinski definition) is 5. The molecule has 0 radical (unpaired) electrons. The predicted octanol–water partition coefficient (Wildman–Crippen LogP) is 7.97. The number of nitrogens with zero attached hydrogens (tertiary/aromatic N) is 16. The number of anilines is 8. The lowest BCUT2D eigenvalue weighted by atomic mass is 10.0. The average Bonchev–Trinajstić information content (AvgIpc) is 0.789. The van der Waals surface area contributed by atoms with E-state index in [1.807, 2.05) is 0 Å². The number of ether oxygens (including phenoxy) is 4. The van der Waals surface area contributed by atoms with Gasteiger partial charge in [0.2, 0.25) is 49.0 Å². The van der Waals surface area contributed by atoms with Gasteiger partial charge in [0.25, 0.3) is 0 Å². The van der Waals surface area contributed by atoms with Crippen LogP contribution in [0.15, 0.2) is 73.3 Å².